The van der Waals surface area contributed by atoms with Crippen LogP contribution in [0.5, 0.6) is 11.5 Å². The van der Waals surface area contributed by atoms with Crippen LogP contribution in [0.4, 0.5) is 11.5 Å². The fourth-order valence-electron chi connectivity index (χ4n) is 3.40. The second kappa shape index (κ2) is 8.12. The molecule has 4 rings (SSSR count). The molecular weight excluding hydrogens is 570 g/mol. The van der Waals surface area contributed by atoms with E-state index in [0.717, 1.165) is 42.3 Å². The minimum absolute atomic E-state index is 0.296. The summed E-state index contributed by atoms with van der Waals surface area (Å²) in [7, 11) is 3.22. The Balaban J connectivity index is 1.83. The standard InChI is InChI=1S/C20H16Br3N3O3/c1-28-16-5-10-3-4-26-15(12(10)8-17(16)29-2)9-18(25-20(26)27)24-19-13(22)6-11(21)7-14(19)23/h5-9H,3-4H2,1-2H3,(H,24,25,27). The van der Waals surface area contributed by atoms with Gasteiger partial charge in [0.05, 0.1) is 25.6 Å². The molecule has 0 radical (unpaired) electrons. The number of ether oxygens (including phenoxy) is 2. The Kier molecular flexibility index (Phi) is 5.72. The molecule has 6 nitrogen and oxygen atoms in total. The summed E-state index contributed by atoms with van der Waals surface area (Å²) in [5.74, 6) is 1.77. The topological polar surface area (TPSA) is 65.4 Å². The van der Waals surface area contributed by atoms with E-state index in [9.17, 15) is 4.79 Å². The smallest absolute Gasteiger partial charge is 0.350 e. The largest absolute Gasteiger partial charge is 0.493 e. The van der Waals surface area contributed by atoms with E-state index in [1.54, 1.807) is 18.8 Å². The lowest BCUT2D eigenvalue weighted by atomic mass is 9.97. The van der Waals surface area contributed by atoms with Gasteiger partial charge < -0.3 is 14.8 Å². The van der Waals surface area contributed by atoms with Gasteiger partial charge in [0, 0.05) is 31.6 Å². The Hall–Kier alpha value is -1.84. The van der Waals surface area contributed by atoms with Crippen LogP contribution in [0.2, 0.25) is 0 Å². The maximum atomic E-state index is 12.7. The highest BCUT2D eigenvalue weighted by Crippen LogP contribution is 2.39. The first-order valence-electron chi connectivity index (χ1n) is 8.70. The van der Waals surface area contributed by atoms with Crippen molar-refractivity contribution in [3.63, 3.8) is 0 Å². The highest BCUT2D eigenvalue weighted by atomic mass is 79.9. The number of aromatic nitrogens is 2. The van der Waals surface area contributed by atoms with Crippen LogP contribution in [0.1, 0.15) is 5.56 Å². The summed E-state index contributed by atoms with van der Waals surface area (Å²) in [5.41, 5.74) is 3.32. The second-order valence-electron chi connectivity index (χ2n) is 6.44. The van der Waals surface area contributed by atoms with Crippen molar-refractivity contribution < 1.29 is 9.47 Å². The molecule has 0 saturated carbocycles. The summed E-state index contributed by atoms with van der Waals surface area (Å²) in [6.45, 7) is 0.565. The van der Waals surface area contributed by atoms with E-state index in [4.69, 9.17) is 9.47 Å². The quantitative estimate of drug-likeness (QED) is 0.437. The summed E-state index contributed by atoms with van der Waals surface area (Å²) >= 11 is 10.5. The molecule has 150 valence electrons. The zero-order valence-corrected chi connectivity index (χ0v) is 20.3. The summed E-state index contributed by atoms with van der Waals surface area (Å²) < 4.78 is 15.2. The van der Waals surface area contributed by atoms with Crippen molar-refractivity contribution in [2.24, 2.45) is 0 Å². The Morgan fingerprint density at radius 1 is 1.00 bits per heavy atom. The van der Waals surface area contributed by atoms with Crippen LogP contribution >= 0.6 is 47.8 Å². The zero-order valence-electron chi connectivity index (χ0n) is 15.6. The van der Waals surface area contributed by atoms with E-state index in [2.05, 4.69) is 58.1 Å². The second-order valence-corrected chi connectivity index (χ2v) is 9.07. The number of aryl methyl sites for hydroxylation is 1. The number of nitrogens with one attached hydrogen (secondary N) is 1. The number of anilines is 2. The highest BCUT2D eigenvalue weighted by molar-refractivity contribution is 9.11. The number of hydrogen-bond donors (Lipinski definition) is 1. The Bertz CT molecular complexity index is 1150. The van der Waals surface area contributed by atoms with Gasteiger partial charge in [-0.15, -0.1) is 0 Å². The monoisotopic (exact) mass is 583 g/mol. The average Bonchev–Trinajstić information content (AvgIpc) is 2.69. The van der Waals surface area contributed by atoms with E-state index in [0.29, 0.717) is 23.9 Å². The van der Waals surface area contributed by atoms with Gasteiger partial charge in [0.1, 0.15) is 5.82 Å². The number of nitrogens with zero attached hydrogens (tertiary/aromatic N) is 2. The third-order valence-electron chi connectivity index (χ3n) is 4.76. The Morgan fingerprint density at radius 3 is 2.31 bits per heavy atom. The number of halogens is 3. The van der Waals surface area contributed by atoms with Gasteiger partial charge in [0.2, 0.25) is 0 Å². The molecule has 1 N–H and O–H groups in total. The van der Waals surface area contributed by atoms with Crippen molar-refractivity contribution >= 4 is 59.3 Å². The summed E-state index contributed by atoms with van der Waals surface area (Å²) in [4.78, 5) is 16.9. The number of hydrogen-bond acceptors (Lipinski definition) is 5. The Labute approximate surface area is 192 Å². The molecular formula is C20H16Br3N3O3. The lowest BCUT2D eigenvalue weighted by Crippen LogP contribution is -2.28. The Morgan fingerprint density at radius 2 is 1.66 bits per heavy atom. The van der Waals surface area contributed by atoms with Gasteiger partial charge in [-0.3, -0.25) is 4.57 Å². The van der Waals surface area contributed by atoms with Gasteiger partial charge in [0.25, 0.3) is 0 Å². The van der Waals surface area contributed by atoms with Crippen molar-refractivity contribution in [2.45, 2.75) is 13.0 Å². The van der Waals surface area contributed by atoms with Crippen molar-refractivity contribution in [3.8, 4) is 22.8 Å². The number of methoxy groups -OCH3 is 2. The molecule has 2 aromatic carbocycles. The molecule has 3 aromatic rings. The first kappa shape index (κ1) is 20.4. The number of fused-ring (bicyclic) bond motifs is 3. The van der Waals surface area contributed by atoms with Crippen LogP contribution in [0.3, 0.4) is 0 Å². The van der Waals surface area contributed by atoms with E-state index < -0.39 is 0 Å². The van der Waals surface area contributed by atoms with Gasteiger partial charge >= 0.3 is 5.69 Å². The SMILES string of the molecule is COc1cc2c(cc1OC)-c1cc(Nc3c(Br)cc(Br)cc3Br)nc(=O)n1CC2. The molecule has 2 heterocycles. The van der Waals surface area contributed by atoms with E-state index in [1.165, 1.54) is 0 Å². The third-order valence-corrected chi connectivity index (χ3v) is 6.47. The van der Waals surface area contributed by atoms with E-state index in [-0.39, 0.29) is 5.69 Å². The first-order valence-corrected chi connectivity index (χ1v) is 11.1. The van der Waals surface area contributed by atoms with Gasteiger partial charge in [-0.05, 0) is 68.1 Å². The van der Waals surface area contributed by atoms with Crippen LogP contribution in [-0.2, 0) is 13.0 Å². The molecule has 1 aromatic heterocycles. The molecule has 1 aliphatic rings. The van der Waals surface area contributed by atoms with Gasteiger partial charge in [-0.2, -0.15) is 4.98 Å². The van der Waals surface area contributed by atoms with Gasteiger partial charge in [-0.25, -0.2) is 4.79 Å². The molecule has 0 atom stereocenters. The maximum Gasteiger partial charge on any atom is 0.350 e. The average molecular weight is 586 g/mol. The molecule has 29 heavy (non-hydrogen) atoms. The molecule has 0 unspecified atom stereocenters. The van der Waals surface area contributed by atoms with Gasteiger partial charge in [-0.1, -0.05) is 15.9 Å². The summed E-state index contributed by atoms with van der Waals surface area (Å²) in [6, 6.07) is 9.60. The van der Waals surface area contributed by atoms with Crippen LogP contribution in [0.15, 0.2) is 48.5 Å². The molecule has 0 fully saturated rings. The molecule has 0 aliphatic carbocycles. The third kappa shape index (κ3) is 3.83. The molecule has 0 amide bonds. The fourth-order valence-corrected chi connectivity index (χ4v) is 5.85. The van der Waals surface area contributed by atoms with Crippen LogP contribution in [0.25, 0.3) is 11.3 Å². The summed E-state index contributed by atoms with van der Waals surface area (Å²) in [6.07, 6.45) is 0.723. The van der Waals surface area contributed by atoms with E-state index >= 15 is 0 Å². The fraction of sp³-hybridized carbons (Fsp3) is 0.200. The predicted octanol–water partition coefficient (Wildman–Crippen LogP) is 5.51. The van der Waals surface area contributed by atoms with Crippen LogP contribution in [0, 0.1) is 0 Å². The highest BCUT2D eigenvalue weighted by Gasteiger charge is 2.22. The first-order chi connectivity index (χ1) is 13.9. The van der Waals surface area contributed by atoms with Crippen molar-refractivity contribution in [3.05, 3.63) is 59.8 Å². The lowest BCUT2D eigenvalue weighted by Gasteiger charge is -2.23. The summed E-state index contributed by atoms with van der Waals surface area (Å²) in [5, 5.41) is 3.25. The van der Waals surface area contributed by atoms with Crippen molar-refractivity contribution in [1.82, 2.24) is 9.55 Å². The zero-order chi connectivity index (χ0) is 20.7. The van der Waals surface area contributed by atoms with Crippen LogP contribution in [-0.4, -0.2) is 23.8 Å². The molecule has 0 saturated heterocycles. The number of rotatable bonds is 4. The molecule has 1 aliphatic heterocycles. The van der Waals surface area contributed by atoms with E-state index in [1.807, 2.05) is 30.3 Å². The van der Waals surface area contributed by atoms with Crippen LogP contribution < -0.4 is 20.5 Å². The molecule has 0 bridgehead atoms. The number of benzene rings is 2. The molecule has 9 heteroatoms. The van der Waals surface area contributed by atoms with Crippen molar-refractivity contribution in [2.75, 3.05) is 19.5 Å². The minimum Gasteiger partial charge on any atom is -0.493 e. The molecule has 0 spiro atoms. The predicted molar refractivity (Wildman–Crippen MR) is 124 cm³/mol. The normalized spacial score (nSPS) is 12.2. The maximum absolute atomic E-state index is 12.7. The lowest BCUT2D eigenvalue weighted by molar-refractivity contribution is 0.354. The van der Waals surface area contributed by atoms with Gasteiger partial charge in [0.15, 0.2) is 11.5 Å². The van der Waals surface area contributed by atoms with Crippen molar-refractivity contribution in [1.29, 1.82) is 0 Å². The minimum atomic E-state index is -0.296.